The number of hydrogen-bond donors (Lipinski definition) is 1. The second-order valence-electron chi connectivity index (χ2n) is 6.44. The number of amides is 1. The monoisotopic (exact) mass is 303 g/mol. The second kappa shape index (κ2) is 6.60. The molecule has 2 fully saturated rings. The van der Waals surface area contributed by atoms with Crippen molar-refractivity contribution in [2.75, 3.05) is 38.5 Å². The van der Waals surface area contributed by atoms with Crippen molar-refractivity contribution in [2.24, 2.45) is 0 Å². The molecule has 0 spiro atoms. The van der Waals surface area contributed by atoms with Gasteiger partial charge in [-0.3, -0.25) is 4.79 Å². The zero-order valence-electron chi connectivity index (χ0n) is 13.5. The molecule has 6 heteroatoms. The Bertz CT molecular complexity index is 533. The van der Waals surface area contributed by atoms with Crippen LogP contribution in [0.2, 0.25) is 0 Å². The fourth-order valence-electron chi connectivity index (χ4n) is 3.17. The predicted molar refractivity (Wildman–Crippen MR) is 86.0 cm³/mol. The van der Waals surface area contributed by atoms with Gasteiger partial charge in [0.25, 0.3) is 5.91 Å². The lowest BCUT2D eigenvalue weighted by Crippen LogP contribution is -2.47. The average molecular weight is 303 g/mol. The molecule has 3 rings (SSSR count). The number of anilines is 1. The van der Waals surface area contributed by atoms with Crippen molar-refractivity contribution >= 4 is 11.9 Å². The topological polar surface area (TPSA) is 61.4 Å². The molecule has 0 bridgehead atoms. The number of aryl methyl sites for hydroxylation is 1. The van der Waals surface area contributed by atoms with E-state index in [1.54, 1.807) is 6.07 Å². The molecule has 0 unspecified atom stereocenters. The highest BCUT2D eigenvalue weighted by atomic mass is 16.2. The molecule has 6 nitrogen and oxygen atoms in total. The first-order valence-electron chi connectivity index (χ1n) is 8.22. The highest BCUT2D eigenvalue weighted by Gasteiger charge is 2.23. The molecule has 1 aliphatic carbocycles. The van der Waals surface area contributed by atoms with Gasteiger partial charge < -0.3 is 15.1 Å². The zero-order valence-corrected chi connectivity index (χ0v) is 13.5. The lowest BCUT2D eigenvalue weighted by molar-refractivity contribution is 0.0658. The Labute approximate surface area is 131 Å². The molecule has 1 aliphatic heterocycles. The summed E-state index contributed by atoms with van der Waals surface area (Å²) in [6.07, 6.45) is 4.85. The van der Waals surface area contributed by atoms with E-state index >= 15 is 0 Å². The van der Waals surface area contributed by atoms with E-state index in [1.807, 2.05) is 11.8 Å². The number of carbonyl (C=O) groups excluding carboxylic acids is 1. The fourth-order valence-corrected chi connectivity index (χ4v) is 3.17. The average Bonchev–Trinajstić information content (AvgIpc) is 2.99. The summed E-state index contributed by atoms with van der Waals surface area (Å²) >= 11 is 0. The number of hydrogen-bond acceptors (Lipinski definition) is 5. The van der Waals surface area contributed by atoms with Gasteiger partial charge in [-0.05, 0) is 32.9 Å². The highest BCUT2D eigenvalue weighted by Crippen LogP contribution is 2.21. The van der Waals surface area contributed by atoms with E-state index in [4.69, 9.17) is 0 Å². The van der Waals surface area contributed by atoms with Gasteiger partial charge in [0.1, 0.15) is 5.69 Å². The fraction of sp³-hybridized carbons (Fsp3) is 0.688. The minimum absolute atomic E-state index is 0.0214. The summed E-state index contributed by atoms with van der Waals surface area (Å²) in [5.74, 6) is 0.623. The lowest BCUT2D eigenvalue weighted by Gasteiger charge is -2.32. The van der Waals surface area contributed by atoms with Gasteiger partial charge in [0.05, 0.1) is 0 Å². The van der Waals surface area contributed by atoms with Gasteiger partial charge in [-0.15, -0.1) is 0 Å². The maximum absolute atomic E-state index is 12.6. The zero-order chi connectivity index (χ0) is 15.5. The van der Waals surface area contributed by atoms with Gasteiger partial charge in [0.15, 0.2) is 0 Å². The largest absolute Gasteiger partial charge is 0.351 e. The van der Waals surface area contributed by atoms with Gasteiger partial charge in [-0.1, -0.05) is 12.8 Å². The van der Waals surface area contributed by atoms with Crippen LogP contribution in [0.4, 0.5) is 5.95 Å². The number of aromatic nitrogens is 2. The van der Waals surface area contributed by atoms with Gasteiger partial charge in [0, 0.05) is 37.9 Å². The van der Waals surface area contributed by atoms with Gasteiger partial charge in [-0.2, -0.15) is 0 Å². The Morgan fingerprint density at radius 2 is 1.86 bits per heavy atom. The Morgan fingerprint density at radius 3 is 2.55 bits per heavy atom. The predicted octanol–water partition coefficient (Wildman–Crippen LogP) is 1.53. The molecule has 1 saturated carbocycles. The van der Waals surface area contributed by atoms with Gasteiger partial charge >= 0.3 is 0 Å². The third kappa shape index (κ3) is 3.55. The van der Waals surface area contributed by atoms with Crippen LogP contribution in [0.5, 0.6) is 0 Å². The molecule has 0 radical (unpaired) electrons. The Kier molecular flexibility index (Phi) is 4.57. The number of piperazine rings is 1. The molecule has 22 heavy (non-hydrogen) atoms. The molecule has 120 valence electrons. The van der Waals surface area contributed by atoms with Crippen molar-refractivity contribution < 1.29 is 4.79 Å². The van der Waals surface area contributed by atoms with E-state index in [-0.39, 0.29) is 5.91 Å². The second-order valence-corrected chi connectivity index (χ2v) is 6.44. The SMILES string of the molecule is Cc1cc(C(=O)N2CCN(C)CC2)nc(NC2CCCC2)n1. The van der Waals surface area contributed by atoms with Crippen LogP contribution < -0.4 is 5.32 Å². The summed E-state index contributed by atoms with van der Waals surface area (Å²) < 4.78 is 0. The molecule has 1 amide bonds. The highest BCUT2D eigenvalue weighted by molar-refractivity contribution is 5.92. The Hall–Kier alpha value is -1.69. The standard InChI is InChI=1S/C16H25N5O/c1-12-11-14(15(22)21-9-7-20(2)8-10-21)19-16(17-12)18-13-5-3-4-6-13/h11,13H,3-10H2,1-2H3,(H,17,18,19). The molecule has 1 aromatic heterocycles. The molecule has 2 heterocycles. The number of rotatable bonds is 3. The van der Waals surface area contributed by atoms with E-state index < -0.39 is 0 Å². The lowest BCUT2D eigenvalue weighted by atomic mass is 10.2. The third-order valence-electron chi connectivity index (χ3n) is 4.55. The van der Waals surface area contributed by atoms with Crippen molar-refractivity contribution in [1.29, 1.82) is 0 Å². The number of carbonyl (C=O) groups is 1. The maximum atomic E-state index is 12.6. The molecule has 0 atom stereocenters. The normalized spacial score (nSPS) is 20.4. The van der Waals surface area contributed by atoms with E-state index in [0.717, 1.165) is 31.9 Å². The van der Waals surface area contributed by atoms with E-state index in [9.17, 15) is 4.79 Å². The first-order valence-corrected chi connectivity index (χ1v) is 8.22. The molecule has 1 N–H and O–H groups in total. The molecule has 0 aromatic carbocycles. The first kappa shape index (κ1) is 15.2. The summed E-state index contributed by atoms with van der Waals surface area (Å²) in [5, 5.41) is 3.39. The van der Waals surface area contributed by atoms with E-state index in [0.29, 0.717) is 17.7 Å². The molecule has 1 aromatic rings. The smallest absolute Gasteiger partial charge is 0.272 e. The summed E-state index contributed by atoms with van der Waals surface area (Å²) in [6.45, 7) is 5.29. The third-order valence-corrected chi connectivity index (χ3v) is 4.55. The first-order chi connectivity index (χ1) is 10.6. The Morgan fingerprint density at radius 1 is 1.18 bits per heavy atom. The molecule has 1 saturated heterocycles. The summed E-state index contributed by atoms with van der Waals surface area (Å²) in [5.41, 5.74) is 1.35. The summed E-state index contributed by atoms with van der Waals surface area (Å²) in [4.78, 5) is 25.7. The number of nitrogens with zero attached hydrogens (tertiary/aromatic N) is 4. The van der Waals surface area contributed by atoms with Crippen molar-refractivity contribution in [3.05, 3.63) is 17.5 Å². The maximum Gasteiger partial charge on any atom is 0.272 e. The van der Waals surface area contributed by atoms with Crippen molar-refractivity contribution in [2.45, 2.75) is 38.6 Å². The molecular formula is C16H25N5O. The minimum Gasteiger partial charge on any atom is -0.351 e. The molecule has 2 aliphatic rings. The van der Waals surface area contributed by atoms with Crippen molar-refractivity contribution in [3.8, 4) is 0 Å². The van der Waals surface area contributed by atoms with Crippen LogP contribution in [0.25, 0.3) is 0 Å². The van der Waals surface area contributed by atoms with Crippen LogP contribution in [-0.2, 0) is 0 Å². The minimum atomic E-state index is 0.0214. The van der Waals surface area contributed by atoms with Gasteiger partial charge in [-0.25, -0.2) is 9.97 Å². The number of nitrogens with one attached hydrogen (secondary N) is 1. The van der Waals surface area contributed by atoms with Crippen LogP contribution in [-0.4, -0.2) is 64.9 Å². The van der Waals surface area contributed by atoms with Crippen LogP contribution in [0, 0.1) is 6.92 Å². The summed E-state index contributed by atoms with van der Waals surface area (Å²) in [6, 6.07) is 2.24. The summed E-state index contributed by atoms with van der Waals surface area (Å²) in [7, 11) is 2.08. The van der Waals surface area contributed by atoms with E-state index in [2.05, 4.69) is 27.2 Å². The van der Waals surface area contributed by atoms with Crippen LogP contribution >= 0.6 is 0 Å². The van der Waals surface area contributed by atoms with Crippen molar-refractivity contribution in [3.63, 3.8) is 0 Å². The van der Waals surface area contributed by atoms with Crippen LogP contribution in [0.15, 0.2) is 6.07 Å². The quantitative estimate of drug-likeness (QED) is 0.917. The van der Waals surface area contributed by atoms with Crippen LogP contribution in [0.3, 0.4) is 0 Å². The van der Waals surface area contributed by atoms with E-state index in [1.165, 1.54) is 25.7 Å². The van der Waals surface area contributed by atoms with Gasteiger partial charge in [0.2, 0.25) is 5.95 Å². The molecular weight excluding hydrogens is 278 g/mol. The van der Waals surface area contributed by atoms with Crippen LogP contribution in [0.1, 0.15) is 41.9 Å². The number of likely N-dealkylation sites (N-methyl/N-ethyl adjacent to an activating group) is 1. The van der Waals surface area contributed by atoms with Crippen molar-refractivity contribution in [1.82, 2.24) is 19.8 Å². The Balaban J connectivity index is 1.72.